The summed E-state index contributed by atoms with van der Waals surface area (Å²) < 4.78 is 258. The third kappa shape index (κ3) is 5.74. The minimum absolute atomic E-state index is 0.0389. The molecule has 250 valence electrons. The molecule has 1 heterocycles. The predicted molar refractivity (Wildman–Crippen MR) is 111 cm³/mol. The Morgan fingerprint density at radius 3 is 1.34 bits per heavy atom. The smallest absolute Gasteiger partial charge is 0.216 e. The van der Waals surface area contributed by atoms with E-state index in [1.165, 1.54) is 16.8 Å². The summed E-state index contributed by atoms with van der Waals surface area (Å²) in [6.07, 6.45) is -19.1. The molecule has 44 heavy (non-hydrogen) atoms. The largest absolute Gasteiger partial charge is 0.438 e. The second-order valence-electron chi connectivity index (χ2n) is 9.20. The van der Waals surface area contributed by atoms with Crippen molar-refractivity contribution in [3.05, 3.63) is 64.9 Å². The lowest BCUT2D eigenvalue weighted by Gasteiger charge is -2.45. The summed E-state index contributed by atoms with van der Waals surface area (Å²) in [6, 6.07) is 8.77. The lowest BCUT2D eigenvalue weighted by molar-refractivity contribution is -0.686. The Hall–Kier alpha value is -2.67. The fourth-order valence-corrected chi connectivity index (χ4v) is 3.79. The van der Waals surface area contributed by atoms with Crippen molar-refractivity contribution in [2.45, 2.75) is 72.9 Å². The first-order valence-electron chi connectivity index (χ1n) is 11.2. The van der Waals surface area contributed by atoms with E-state index in [0.29, 0.717) is 5.56 Å². The fourth-order valence-electron chi connectivity index (χ4n) is 3.60. The molecular weight excluding hydrogens is 687 g/mol. The molecule has 0 bridgehead atoms. The molecule has 2 aromatic rings. The minimum Gasteiger partial charge on any atom is -0.216 e. The number of aromatic nitrogens is 1. The highest BCUT2D eigenvalue weighted by molar-refractivity contribution is 6.28. The van der Waals surface area contributed by atoms with Crippen molar-refractivity contribution in [2.75, 3.05) is 0 Å². The molecule has 1 aromatic heterocycles. The molecular formula is C23H14ClF19N+. The number of benzene rings is 1. The van der Waals surface area contributed by atoms with Gasteiger partial charge in [-0.2, -0.15) is 83.6 Å². The maximum atomic E-state index is 14.2. The van der Waals surface area contributed by atoms with Crippen LogP contribution in [0.15, 0.2) is 48.7 Å². The van der Waals surface area contributed by atoms with Crippen molar-refractivity contribution < 1.29 is 88.0 Å². The Kier molecular flexibility index (Phi) is 9.63. The highest BCUT2D eigenvalue weighted by Gasteiger charge is 2.98. The molecule has 0 saturated heterocycles. The molecule has 0 saturated carbocycles. The van der Waals surface area contributed by atoms with Crippen LogP contribution in [0.5, 0.6) is 0 Å². The van der Waals surface area contributed by atoms with Crippen LogP contribution in [0.3, 0.4) is 0 Å². The van der Waals surface area contributed by atoms with Crippen LogP contribution in [0, 0.1) is 0 Å². The van der Waals surface area contributed by atoms with Crippen LogP contribution in [0.4, 0.5) is 83.4 Å². The van der Waals surface area contributed by atoms with Gasteiger partial charge in [0.1, 0.15) is 0 Å². The van der Waals surface area contributed by atoms with E-state index in [0.717, 1.165) is 24.3 Å². The van der Waals surface area contributed by atoms with Crippen molar-refractivity contribution in [1.29, 1.82) is 0 Å². The lowest BCUT2D eigenvalue weighted by Crippen LogP contribution is -2.77. The van der Waals surface area contributed by atoms with Crippen molar-refractivity contribution >= 4 is 11.6 Å². The molecule has 0 aliphatic rings. The zero-order valence-electron chi connectivity index (χ0n) is 20.7. The van der Waals surface area contributed by atoms with E-state index in [-0.39, 0.29) is 11.7 Å². The van der Waals surface area contributed by atoms with Crippen LogP contribution >= 0.6 is 11.6 Å². The highest BCUT2D eigenvalue weighted by Crippen LogP contribution is 2.66. The van der Waals surface area contributed by atoms with E-state index in [4.69, 9.17) is 11.6 Å². The van der Waals surface area contributed by atoms with Gasteiger partial charge in [0.2, 0.25) is 0 Å². The first-order chi connectivity index (χ1) is 19.4. The molecule has 0 fully saturated rings. The first-order valence-corrected chi connectivity index (χ1v) is 11.6. The van der Waals surface area contributed by atoms with Crippen molar-refractivity contribution in [2.24, 2.45) is 0 Å². The molecule has 1 aromatic carbocycles. The van der Waals surface area contributed by atoms with Crippen LogP contribution in [0.25, 0.3) is 0 Å². The Morgan fingerprint density at radius 1 is 0.500 bits per heavy atom. The maximum absolute atomic E-state index is 14.2. The average Bonchev–Trinajstić information content (AvgIpc) is 2.87. The van der Waals surface area contributed by atoms with Gasteiger partial charge in [0, 0.05) is 24.1 Å². The molecule has 0 radical (unpaired) electrons. The van der Waals surface area contributed by atoms with Gasteiger partial charge in [0.15, 0.2) is 12.7 Å². The van der Waals surface area contributed by atoms with Crippen LogP contribution in [0.1, 0.15) is 17.5 Å². The molecule has 0 atom stereocenters. The standard InChI is InChI=1S/C23H14ClF19N/c24-14-3-1-2-10-44(14)11-13-6-4-12(5-7-13)8-9-15(25,26)17(28,29)19(32,33)21(36,37)20(34,35)18(30,31)16(27,22(38,39)40)23(41,42)43/h1-7,10H,8-9,11H2/q+1. The topological polar surface area (TPSA) is 3.88 Å². The summed E-state index contributed by atoms with van der Waals surface area (Å²) in [5, 5.41) is 0.216. The van der Waals surface area contributed by atoms with Gasteiger partial charge in [0.05, 0.1) is 0 Å². The quantitative estimate of drug-likeness (QED) is 0.125. The van der Waals surface area contributed by atoms with Gasteiger partial charge in [-0.25, -0.2) is 4.39 Å². The van der Waals surface area contributed by atoms with Crippen LogP contribution in [0.2, 0.25) is 5.15 Å². The fraction of sp³-hybridized carbons (Fsp3) is 0.522. The third-order valence-corrected chi connectivity index (χ3v) is 6.58. The summed E-state index contributed by atoms with van der Waals surface area (Å²) in [4.78, 5) is 0. The molecule has 0 aliphatic carbocycles. The van der Waals surface area contributed by atoms with E-state index in [1.807, 2.05) is 0 Å². The summed E-state index contributed by atoms with van der Waals surface area (Å²) in [5.41, 5.74) is -8.78. The number of hydrogen-bond donors (Lipinski definition) is 0. The molecule has 0 spiro atoms. The maximum Gasteiger partial charge on any atom is 0.438 e. The van der Waals surface area contributed by atoms with Crippen LogP contribution < -0.4 is 4.57 Å². The molecule has 0 amide bonds. The van der Waals surface area contributed by atoms with E-state index >= 15 is 0 Å². The van der Waals surface area contributed by atoms with Gasteiger partial charge in [-0.1, -0.05) is 24.3 Å². The van der Waals surface area contributed by atoms with Crippen molar-refractivity contribution in [3.8, 4) is 0 Å². The number of halogens is 20. The summed E-state index contributed by atoms with van der Waals surface area (Å²) in [7, 11) is 0. The second kappa shape index (κ2) is 11.3. The van der Waals surface area contributed by atoms with Crippen molar-refractivity contribution in [3.63, 3.8) is 0 Å². The molecule has 21 heteroatoms. The lowest BCUT2D eigenvalue weighted by atomic mass is 9.83. The van der Waals surface area contributed by atoms with Gasteiger partial charge < -0.3 is 0 Å². The normalized spacial score (nSPS) is 15.1. The monoisotopic (exact) mass is 700 g/mol. The molecule has 0 aliphatic heterocycles. The van der Waals surface area contributed by atoms with Crippen LogP contribution in [-0.4, -0.2) is 53.6 Å². The van der Waals surface area contributed by atoms with Crippen molar-refractivity contribution in [1.82, 2.24) is 0 Å². The Labute approximate surface area is 238 Å². The first kappa shape index (κ1) is 37.5. The van der Waals surface area contributed by atoms with Gasteiger partial charge in [0.25, 0.3) is 5.15 Å². The van der Waals surface area contributed by atoms with E-state index in [2.05, 4.69) is 0 Å². The van der Waals surface area contributed by atoms with Gasteiger partial charge >= 0.3 is 53.6 Å². The Morgan fingerprint density at radius 2 is 0.909 bits per heavy atom. The molecule has 2 rings (SSSR count). The van der Waals surface area contributed by atoms with Gasteiger partial charge in [-0.3, -0.25) is 0 Å². The van der Waals surface area contributed by atoms with Gasteiger partial charge in [-0.15, -0.1) is 0 Å². The predicted octanol–water partition coefficient (Wildman–Crippen LogP) is 9.25. The number of aryl methyl sites for hydroxylation is 1. The summed E-state index contributed by atoms with van der Waals surface area (Å²) in [5.74, 6) is -49.8. The Balaban J connectivity index is 2.40. The third-order valence-electron chi connectivity index (χ3n) is 6.24. The van der Waals surface area contributed by atoms with E-state index in [9.17, 15) is 83.4 Å². The number of nitrogens with zero attached hydrogens (tertiary/aromatic N) is 1. The molecule has 1 nitrogen and oxygen atoms in total. The second-order valence-corrected chi connectivity index (χ2v) is 9.59. The number of hydrogen-bond acceptors (Lipinski definition) is 0. The highest BCUT2D eigenvalue weighted by atomic mass is 35.5. The number of alkyl halides is 19. The molecule has 0 unspecified atom stereocenters. The minimum atomic E-state index is -9.02. The number of rotatable bonds is 11. The molecule has 0 N–H and O–H groups in total. The SMILES string of the molecule is FC(F)(F)C(F)(C(F)(F)F)C(F)(F)C(F)(F)C(F)(F)C(F)(F)C(F)(F)C(F)(F)CCc1ccc(C[n+]2ccccc2Cl)cc1. The zero-order valence-corrected chi connectivity index (χ0v) is 21.5. The average molecular weight is 701 g/mol. The summed E-state index contributed by atoms with van der Waals surface area (Å²) >= 11 is 5.92. The Bertz CT molecular complexity index is 1280. The van der Waals surface area contributed by atoms with E-state index < -0.39 is 72.0 Å². The summed E-state index contributed by atoms with van der Waals surface area (Å²) in [6.45, 7) is 0.0389. The number of pyridine rings is 1. The van der Waals surface area contributed by atoms with Crippen LogP contribution in [-0.2, 0) is 13.0 Å². The van der Waals surface area contributed by atoms with E-state index in [1.54, 1.807) is 12.1 Å². The van der Waals surface area contributed by atoms with Gasteiger partial charge in [-0.05, 0) is 29.7 Å². The zero-order chi connectivity index (χ0) is 34.6.